The summed E-state index contributed by atoms with van der Waals surface area (Å²) in [5.74, 6) is 0.960. The molecule has 2 rings (SSSR count). The van der Waals surface area contributed by atoms with Crippen molar-refractivity contribution in [3.05, 3.63) is 0 Å². The molecule has 0 bridgehead atoms. The minimum absolute atomic E-state index is 0.464. The van der Waals surface area contributed by atoms with Crippen LogP contribution in [0.2, 0.25) is 0 Å². The van der Waals surface area contributed by atoms with Gasteiger partial charge in [-0.05, 0) is 71.9 Å². The van der Waals surface area contributed by atoms with Gasteiger partial charge in [0, 0.05) is 18.1 Å². The van der Waals surface area contributed by atoms with E-state index in [1.165, 1.54) is 51.7 Å². The molecule has 16 heavy (non-hydrogen) atoms. The van der Waals surface area contributed by atoms with Crippen LogP contribution < -0.4 is 5.32 Å². The average Bonchev–Trinajstić information content (AvgIpc) is 2.84. The van der Waals surface area contributed by atoms with E-state index in [0.29, 0.717) is 5.54 Å². The van der Waals surface area contributed by atoms with Gasteiger partial charge in [-0.25, -0.2) is 0 Å². The van der Waals surface area contributed by atoms with Crippen LogP contribution >= 0.6 is 0 Å². The van der Waals surface area contributed by atoms with Crippen LogP contribution in [0.3, 0.4) is 0 Å². The molecule has 2 aliphatic heterocycles. The lowest BCUT2D eigenvalue weighted by Gasteiger charge is -2.26. The van der Waals surface area contributed by atoms with Gasteiger partial charge in [0.25, 0.3) is 0 Å². The molecular formula is C14H28N2. The average molecular weight is 224 g/mol. The third kappa shape index (κ3) is 2.98. The molecule has 0 amide bonds. The highest BCUT2D eigenvalue weighted by Gasteiger charge is 2.30. The van der Waals surface area contributed by atoms with Gasteiger partial charge in [-0.1, -0.05) is 0 Å². The second-order valence-corrected chi connectivity index (χ2v) is 6.37. The van der Waals surface area contributed by atoms with Crippen molar-refractivity contribution in [1.29, 1.82) is 0 Å². The maximum absolute atomic E-state index is 3.68. The first kappa shape index (κ1) is 12.4. The van der Waals surface area contributed by atoms with Gasteiger partial charge >= 0.3 is 0 Å². The summed E-state index contributed by atoms with van der Waals surface area (Å²) in [7, 11) is 0. The standard InChI is InChI=1S/C14H28N2/c1-12(2)16-10-6-13(11-16)5-8-14(3)7-4-9-15-14/h12-13,15H,4-11H2,1-3H3. The maximum Gasteiger partial charge on any atom is 0.0153 e. The van der Waals surface area contributed by atoms with Crippen LogP contribution in [0.15, 0.2) is 0 Å². The summed E-state index contributed by atoms with van der Waals surface area (Å²) >= 11 is 0. The van der Waals surface area contributed by atoms with E-state index in [1.807, 2.05) is 0 Å². The first-order valence-electron chi connectivity index (χ1n) is 7.08. The van der Waals surface area contributed by atoms with Crippen LogP contribution in [0.4, 0.5) is 0 Å². The molecule has 2 fully saturated rings. The predicted octanol–water partition coefficient (Wildman–Crippen LogP) is 2.64. The zero-order chi connectivity index (χ0) is 11.6. The molecule has 0 aromatic carbocycles. The van der Waals surface area contributed by atoms with E-state index in [9.17, 15) is 0 Å². The van der Waals surface area contributed by atoms with Crippen molar-refractivity contribution in [1.82, 2.24) is 10.2 Å². The monoisotopic (exact) mass is 224 g/mol. The summed E-state index contributed by atoms with van der Waals surface area (Å²) in [4.78, 5) is 2.63. The van der Waals surface area contributed by atoms with Gasteiger partial charge in [-0.15, -0.1) is 0 Å². The third-order valence-electron chi connectivity index (χ3n) is 4.61. The molecule has 2 heteroatoms. The first-order chi connectivity index (χ1) is 7.59. The van der Waals surface area contributed by atoms with Crippen LogP contribution in [0.1, 0.15) is 52.9 Å². The molecule has 0 radical (unpaired) electrons. The Balaban J connectivity index is 1.71. The largest absolute Gasteiger partial charge is 0.312 e. The quantitative estimate of drug-likeness (QED) is 0.790. The Morgan fingerprint density at radius 3 is 2.81 bits per heavy atom. The molecular weight excluding hydrogens is 196 g/mol. The van der Waals surface area contributed by atoms with Gasteiger partial charge in [0.15, 0.2) is 0 Å². The zero-order valence-corrected chi connectivity index (χ0v) is 11.3. The summed E-state index contributed by atoms with van der Waals surface area (Å²) in [5, 5.41) is 3.68. The van der Waals surface area contributed by atoms with E-state index >= 15 is 0 Å². The fourth-order valence-electron chi connectivity index (χ4n) is 3.26. The Bertz CT molecular complexity index is 219. The van der Waals surface area contributed by atoms with E-state index < -0.39 is 0 Å². The van der Waals surface area contributed by atoms with Crippen molar-refractivity contribution < 1.29 is 0 Å². The van der Waals surface area contributed by atoms with Gasteiger partial charge in [-0.3, -0.25) is 0 Å². The molecule has 0 aromatic heterocycles. The van der Waals surface area contributed by atoms with E-state index in [0.717, 1.165) is 12.0 Å². The Labute approximate surface area is 101 Å². The van der Waals surface area contributed by atoms with Gasteiger partial charge in [0.2, 0.25) is 0 Å². The van der Waals surface area contributed by atoms with Crippen LogP contribution in [0.5, 0.6) is 0 Å². The minimum atomic E-state index is 0.464. The number of hydrogen-bond acceptors (Lipinski definition) is 2. The van der Waals surface area contributed by atoms with Crippen LogP contribution in [-0.2, 0) is 0 Å². The Hall–Kier alpha value is -0.0800. The van der Waals surface area contributed by atoms with E-state index in [2.05, 4.69) is 31.0 Å². The van der Waals surface area contributed by atoms with Crippen molar-refractivity contribution in [2.45, 2.75) is 64.5 Å². The fraction of sp³-hybridized carbons (Fsp3) is 1.00. The van der Waals surface area contributed by atoms with Crippen molar-refractivity contribution in [3.63, 3.8) is 0 Å². The second kappa shape index (κ2) is 5.05. The fourth-order valence-corrected chi connectivity index (χ4v) is 3.26. The first-order valence-corrected chi connectivity index (χ1v) is 7.08. The number of hydrogen-bond donors (Lipinski definition) is 1. The molecule has 0 aliphatic carbocycles. The van der Waals surface area contributed by atoms with E-state index in [4.69, 9.17) is 0 Å². The molecule has 0 saturated carbocycles. The molecule has 2 heterocycles. The van der Waals surface area contributed by atoms with Gasteiger partial charge in [0.05, 0.1) is 0 Å². The lowest BCUT2D eigenvalue weighted by atomic mass is 9.89. The topological polar surface area (TPSA) is 15.3 Å². The SMILES string of the molecule is CC(C)N1CCC(CCC2(C)CCCN2)C1. The third-order valence-corrected chi connectivity index (χ3v) is 4.61. The highest BCUT2D eigenvalue weighted by atomic mass is 15.2. The Morgan fingerprint density at radius 2 is 2.25 bits per heavy atom. The lowest BCUT2D eigenvalue weighted by molar-refractivity contribution is 0.256. The summed E-state index contributed by atoms with van der Waals surface area (Å²) < 4.78 is 0. The van der Waals surface area contributed by atoms with Crippen LogP contribution in [0.25, 0.3) is 0 Å². The molecule has 0 aromatic rings. The van der Waals surface area contributed by atoms with Crippen LogP contribution in [-0.4, -0.2) is 36.1 Å². The van der Waals surface area contributed by atoms with Crippen molar-refractivity contribution >= 4 is 0 Å². The lowest BCUT2D eigenvalue weighted by Crippen LogP contribution is -2.36. The zero-order valence-electron chi connectivity index (χ0n) is 11.3. The summed E-state index contributed by atoms with van der Waals surface area (Å²) in [6, 6.07) is 0.741. The number of rotatable bonds is 4. The molecule has 2 atom stereocenters. The smallest absolute Gasteiger partial charge is 0.0153 e. The van der Waals surface area contributed by atoms with Crippen molar-refractivity contribution in [2.24, 2.45) is 5.92 Å². The minimum Gasteiger partial charge on any atom is -0.312 e. The molecule has 0 spiro atoms. The van der Waals surface area contributed by atoms with E-state index in [-0.39, 0.29) is 0 Å². The van der Waals surface area contributed by atoms with Gasteiger partial charge in [0.1, 0.15) is 0 Å². The molecule has 2 nitrogen and oxygen atoms in total. The molecule has 1 N–H and O–H groups in total. The summed E-state index contributed by atoms with van der Waals surface area (Å²) in [5.41, 5.74) is 0.464. The second-order valence-electron chi connectivity index (χ2n) is 6.37. The predicted molar refractivity (Wildman–Crippen MR) is 69.7 cm³/mol. The van der Waals surface area contributed by atoms with Crippen LogP contribution in [0, 0.1) is 5.92 Å². The van der Waals surface area contributed by atoms with Gasteiger partial charge < -0.3 is 10.2 Å². The summed E-state index contributed by atoms with van der Waals surface area (Å²) in [6.45, 7) is 11.0. The Morgan fingerprint density at radius 1 is 1.44 bits per heavy atom. The maximum atomic E-state index is 3.68. The highest BCUT2D eigenvalue weighted by Crippen LogP contribution is 2.29. The summed E-state index contributed by atoms with van der Waals surface area (Å²) in [6.07, 6.45) is 6.98. The Kier molecular flexibility index (Phi) is 3.91. The van der Waals surface area contributed by atoms with E-state index in [1.54, 1.807) is 0 Å². The normalized spacial score (nSPS) is 36.4. The highest BCUT2D eigenvalue weighted by molar-refractivity contribution is 4.90. The van der Waals surface area contributed by atoms with Crippen molar-refractivity contribution in [3.8, 4) is 0 Å². The number of likely N-dealkylation sites (tertiary alicyclic amines) is 1. The van der Waals surface area contributed by atoms with Crippen molar-refractivity contribution in [2.75, 3.05) is 19.6 Å². The number of nitrogens with one attached hydrogen (secondary N) is 1. The molecule has 2 aliphatic rings. The molecule has 2 saturated heterocycles. The van der Waals surface area contributed by atoms with Gasteiger partial charge in [-0.2, -0.15) is 0 Å². The number of nitrogens with zero attached hydrogens (tertiary/aromatic N) is 1. The molecule has 94 valence electrons. The molecule has 2 unspecified atom stereocenters.